The fourth-order valence-electron chi connectivity index (χ4n) is 2.36. The Kier molecular flexibility index (Phi) is 3.85. The fraction of sp³-hybridized carbons (Fsp3) is 0.0556. The van der Waals surface area contributed by atoms with E-state index >= 15 is 0 Å². The molecule has 0 radical (unpaired) electrons. The van der Waals surface area contributed by atoms with Crippen LogP contribution in [0.3, 0.4) is 0 Å². The van der Waals surface area contributed by atoms with Gasteiger partial charge in [-0.15, -0.1) is 11.3 Å². The Hall–Kier alpha value is -2.71. The first-order valence-corrected chi connectivity index (χ1v) is 7.60. The highest BCUT2D eigenvalue weighted by Crippen LogP contribution is 2.40. The molecule has 0 aliphatic heterocycles. The Bertz CT molecular complexity index is 941. The third-order valence-electron chi connectivity index (χ3n) is 3.47. The molecular weight excluding hydrogens is 316 g/mol. The molecule has 0 saturated heterocycles. The van der Waals surface area contributed by atoms with Crippen LogP contribution < -0.4 is 0 Å². The highest BCUT2D eigenvalue weighted by molar-refractivity contribution is 7.16. The summed E-state index contributed by atoms with van der Waals surface area (Å²) in [5, 5.41) is 18.1. The number of aryl methyl sites for hydroxylation is 1. The van der Waals surface area contributed by atoms with E-state index in [1.807, 2.05) is 13.0 Å². The molecule has 3 aromatic rings. The molecule has 2 nitrogen and oxygen atoms in total. The van der Waals surface area contributed by atoms with Gasteiger partial charge in [-0.25, -0.2) is 8.78 Å². The summed E-state index contributed by atoms with van der Waals surface area (Å²) < 4.78 is 27.5. The first kappa shape index (κ1) is 15.2. The topological polar surface area (TPSA) is 44.0 Å². The summed E-state index contributed by atoms with van der Waals surface area (Å²) in [5.74, 6) is -1.70. The van der Waals surface area contributed by atoms with E-state index in [0.717, 1.165) is 15.3 Å². The Morgan fingerprint density at radius 3 is 2.35 bits per heavy atom. The molecule has 1 heterocycles. The summed E-state index contributed by atoms with van der Waals surface area (Å²) in [7, 11) is 0. The van der Waals surface area contributed by atoms with Gasteiger partial charge in [-0.1, -0.05) is 6.07 Å². The van der Waals surface area contributed by atoms with Crippen molar-refractivity contribution in [1.82, 2.24) is 0 Å². The van der Waals surface area contributed by atoms with Crippen LogP contribution in [0.2, 0.25) is 0 Å². The highest BCUT2D eigenvalue weighted by Gasteiger charge is 2.14. The standard InChI is InChI=1S/C18H11F2NOS/c1-10-6-14(11-2-3-13(9-21)15(19)7-11)18(23-10)12-4-5-17(22)16(20)8-12/h2-8,22H,1H3. The Labute approximate surface area is 135 Å². The third kappa shape index (κ3) is 2.81. The summed E-state index contributed by atoms with van der Waals surface area (Å²) in [6.45, 7) is 1.91. The predicted molar refractivity (Wildman–Crippen MR) is 86.2 cm³/mol. The number of halogens is 2. The molecule has 3 rings (SSSR count). The molecule has 2 aromatic carbocycles. The van der Waals surface area contributed by atoms with Crippen molar-refractivity contribution in [3.8, 4) is 33.4 Å². The van der Waals surface area contributed by atoms with Crippen molar-refractivity contribution in [2.75, 3.05) is 0 Å². The van der Waals surface area contributed by atoms with Crippen LogP contribution in [-0.4, -0.2) is 5.11 Å². The monoisotopic (exact) mass is 327 g/mol. The number of nitrogens with zero attached hydrogens (tertiary/aromatic N) is 1. The second-order valence-corrected chi connectivity index (χ2v) is 6.33. The minimum atomic E-state index is -0.703. The van der Waals surface area contributed by atoms with Crippen molar-refractivity contribution in [2.45, 2.75) is 6.92 Å². The van der Waals surface area contributed by atoms with E-state index in [1.54, 1.807) is 18.2 Å². The Morgan fingerprint density at radius 1 is 1.00 bits per heavy atom. The lowest BCUT2D eigenvalue weighted by Gasteiger charge is -2.06. The van der Waals surface area contributed by atoms with E-state index in [0.29, 0.717) is 11.1 Å². The van der Waals surface area contributed by atoms with Gasteiger partial charge in [0.1, 0.15) is 11.9 Å². The summed E-state index contributed by atoms with van der Waals surface area (Å²) in [6.07, 6.45) is 0. The number of aromatic hydroxyl groups is 1. The van der Waals surface area contributed by atoms with Crippen LogP contribution >= 0.6 is 11.3 Å². The zero-order valence-corrected chi connectivity index (χ0v) is 12.9. The second kappa shape index (κ2) is 5.82. The van der Waals surface area contributed by atoms with Gasteiger partial charge in [0.15, 0.2) is 11.6 Å². The number of rotatable bonds is 2. The van der Waals surface area contributed by atoms with Crippen molar-refractivity contribution in [3.05, 3.63) is 64.5 Å². The molecule has 23 heavy (non-hydrogen) atoms. The number of phenols is 1. The second-order valence-electron chi connectivity index (χ2n) is 5.07. The van der Waals surface area contributed by atoms with E-state index < -0.39 is 17.4 Å². The molecule has 1 aromatic heterocycles. The van der Waals surface area contributed by atoms with Gasteiger partial charge in [-0.05, 0) is 54.4 Å². The summed E-state index contributed by atoms with van der Waals surface area (Å²) in [4.78, 5) is 1.78. The molecular formula is C18H11F2NOS. The van der Waals surface area contributed by atoms with Crippen molar-refractivity contribution < 1.29 is 13.9 Å². The molecule has 0 unspecified atom stereocenters. The van der Waals surface area contributed by atoms with Gasteiger partial charge in [0.05, 0.1) is 5.56 Å². The van der Waals surface area contributed by atoms with Crippen molar-refractivity contribution in [3.63, 3.8) is 0 Å². The van der Waals surface area contributed by atoms with Gasteiger partial charge < -0.3 is 5.11 Å². The zero-order chi connectivity index (χ0) is 16.6. The molecule has 0 spiro atoms. The molecule has 0 amide bonds. The van der Waals surface area contributed by atoms with Gasteiger partial charge in [0, 0.05) is 15.3 Å². The maximum atomic E-state index is 13.9. The smallest absolute Gasteiger partial charge is 0.165 e. The van der Waals surface area contributed by atoms with Gasteiger partial charge >= 0.3 is 0 Å². The Morgan fingerprint density at radius 2 is 1.70 bits per heavy atom. The first-order chi connectivity index (χ1) is 11.0. The van der Waals surface area contributed by atoms with Crippen LogP contribution in [0.4, 0.5) is 8.78 Å². The van der Waals surface area contributed by atoms with E-state index in [2.05, 4.69) is 0 Å². The molecule has 0 fully saturated rings. The number of phenolic OH excluding ortho intramolecular Hbond substituents is 1. The summed E-state index contributed by atoms with van der Waals surface area (Å²) in [6, 6.07) is 12.3. The minimum absolute atomic E-state index is 0.0158. The molecule has 0 aliphatic carbocycles. The van der Waals surface area contributed by atoms with Gasteiger partial charge in [-0.2, -0.15) is 5.26 Å². The third-order valence-corrected chi connectivity index (χ3v) is 4.57. The van der Waals surface area contributed by atoms with Crippen LogP contribution in [0, 0.1) is 29.9 Å². The van der Waals surface area contributed by atoms with E-state index in [1.165, 1.54) is 35.6 Å². The van der Waals surface area contributed by atoms with Crippen LogP contribution in [0.5, 0.6) is 5.75 Å². The fourth-order valence-corrected chi connectivity index (χ4v) is 3.39. The maximum Gasteiger partial charge on any atom is 0.165 e. The van der Waals surface area contributed by atoms with Crippen molar-refractivity contribution in [1.29, 1.82) is 5.26 Å². The SMILES string of the molecule is Cc1cc(-c2ccc(C#N)c(F)c2)c(-c2ccc(O)c(F)c2)s1. The van der Waals surface area contributed by atoms with Crippen LogP contribution in [0.15, 0.2) is 42.5 Å². The van der Waals surface area contributed by atoms with Crippen LogP contribution in [-0.2, 0) is 0 Å². The van der Waals surface area contributed by atoms with Gasteiger partial charge in [0.2, 0.25) is 0 Å². The summed E-state index contributed by atoms with van der Waals surface area (Å²) in [5.41, 5.74) is 1.98. The first-order valence-electron chi connectivity index (χ1n) is 6.79. The quantitative estimate of drug-likeness (QED) is 0.699. The average Bonchev–Trinajstić information content (AvgIpc) is 2.92. The van der Waals surface area contributed by atoms with E-state index in [-0.39, 0.29) is 5.56 Å². The normalized spacial score (nSPS) is 10.5. The predicted octanol–water partition coefficient (Wildman–Crippen LogP) is 5.25. The number of hydrogen-bond acceptors (Lipinski definition) is 3. The number of benzene rings is 2. The number of hydrogen-bond donors (Lipinski definition) is 1. The lowest BCUT2D eigenvalue weighted by Crippen LogP contribution is -1.86. The molecule has 0 saturated carbocycles. The number of nitriles is 1. The van der Waals surface area contributed by atoms with Crippen molar-refractivity contribution in [2.24, 2.45) is 0 Å². The highest BCUT2D eigenvalue weighted by atomic mass is 32.1. The Balaban J connectivity index is 2.16. The summed E-state index contributed by atoms with van der Waals surface area (Å²) >= 11 is 1.46. The van der Waals surface area contributed by atoms with Crippen LogP contribution in [0.25, 0.3) is 21.6 Å². The average molecular weight is 327 g/mol. The molecule has 0 aliphatic rings. The van der Waals surface area contributed by atoms with E-state index in [9.17, 15) is 13.9 Å². The maximum absolute atomic E-state index is 13.9. The molecule has 0 atom stereocenters. The zero-order valence-electron chi connectivity index (χ0n) is 12.1. The largest absolute Gasteiger partial charge is 0.505 e. The van der Waals surface area contributed by atoms with Gasteiger partial charge in [0.25, 0.3) is 0 Å². The molecule has 114 valence electrons. The lowest BCUT2D eigenvalue weighted by atomic mass is 10.0. The molecule has 0 bridgehead atoms. The molecule has 5 heteroatoms. The molecule has 1 N–H and O–H groups in total. The minimum Gasteiger partial charge on any atom is -0.505 e. The van der Waals surface area contributed by atoms with Crippen LogP contribution in [0.1, 0.15) is 10.4 Å². The van der Waals surface area contributed by atoms with E-state index in [4.69, 9.17) is 5.26 Å². The number of thiophene rings is 1. The van der Waals surface area contributed by atoms with Crippen molar-refractivity contribution >= 4 is 11.3 Å². The van der Waals surface area contributed by atoms with Gasteiger partial charge in [-0.3, -0.25) is 0 Å². The lowest BCUT2D eigenvalue weighted by molar-refractivity contribution is 0.432.